The summed E-state index contributed by atoms with van der Waals surface area (Å²) in [5.41, 5.74) is 1.40. The number of sulfonamides is 1. The Labute approximate surface area is 128 Å². The van der Waals surface area contributed by atoms with Crippen molar-refractivity contribution in [3.05, 3.63) is 46.0 Å². The van der Waals surface area contributed by atoms with Crippen LogP contribution in [-0.2, 0) is 23.0 Å². The van der Waals surface area contributed by atoms with E-state index in [2.05, 4.69) is 15.0 Å². The van der Waals surface area contributed by atoms with Crippen molar-refractivity contribution >= 4 is 10.0 Å². The molecule has 7 nitrogen and oxygen atoms in total. The molecule has 0 atom stereocenters. The van der Waals surface area contributed by atoms with E-state index in [1.807, 2.05) is 0 Å². The van der Waals surface area contributed by atoms with Gasteiger partial charge in [0.05, 0.1) is 18.0 Å². The second-order valence-corrected chi connectivity index (χ2v) is 7.30. The topological polar surface area (TPSA) is 96.0 Å². The monoisotopic (exact) mass is 320 g/mol. The van der Waals surface area contributed by atoms with Crippen molar-refractivity contribution in [1.29, 1.82) is 0 Å². The Balaban J connectivity index is 2.04. The Kier molecular flexibility index (Phi) is 3.79. The van der Waals surface area contributed by atoms with Gasteiger partial charge in [-0.3, -0.25) is 9.78 Å². The van der Waals surface area contributed by atoms with Crippen molar-refractivity contribution in [3.63, 3.8) is 0 Å². The molecule has 0 aromatic carbocycles. The number of pyridine rings is 1. The molecule has 0 bridgehead atoms. The van der Waals surface area contributed by atoms with E-state index < -0.39 is 10.0 Å². The SMILES string of the molecule is CCS(=O)(=O)N1CCc2c(nc(-c3ccccn3)[nH]c2=O)C1. The molecule has 116 valence electrons. The second kappa shape index (κ2) is 5.62. The maximum Gasteiger partial charge on any atom is 0.254 e. The number of nitrogens with zero attached hydrogens (tertiary/aromatic N) is 3. The Morgan fingerprint density at radius 1 is 1.36 bits per heavy atom. The number of fused-ring (bicyclic) bond motifs is 1. The van der Waals surface area contributed by atoms with Gasteiger partial charge in [-0.2, -0.15) is 4.31 Å². The highest BCUT2D eigenvalue weighted by atomic mass is 32.2. The van der Waals surface area contributed by atoms with Crippen LogP contribution in [0.5, 0.6) is 0 Å². The molecule has 2 aromatic rings. The van der Waals surface area contributed by atoms with Gasteiger partial charge in [0.2, 0.25) is 10.0 Å². The molecule has 0 spiro atoms. The summed E-state index contributed by atoms with van der Waals surface area (Å²) < 4.78 is 25.4. The minimum absolute atomic E-state index is 0.0403. The average molecular weight is 320 g/mol. The number of hydrogen-bond acceptors (Lipinski definition) is 5. The van der Waals surface area contributed by atoms with Gasteiger partial charge in [-0.15, -0.1) is 0 Å². The molecule has 22 heavy (non-hydrogen) atoms. The summed E-state index contributed by atoms with van der Waals surface area (Å²) in [5, 5.41) is 0. The highest BCUT2D eigenvalue weighted by Crippen LogP contribution is 2.19. The van der Waals surface area contributed by atoms with Crippen molar-refractivity contribution in [2.24, 2.45) is 0 Å². The summed E-state index contributed by atoms with van der Waals surface area (Å²) in [6, 6.07) is 5.32. The highest BCUT2D eigenvalue weighted by Gasteiger charge is 2.28. The second-order valence-electron chi connectivity index (χ2n) is 5.04. The molecular formula is C14H16N4O3S. The van der Waals surface area contributed by atoms with Crippen LogP contribution in [0.25, 0.3) is 11.5 Å². The molecular weight excluding hydrogens is 304 g/mol. The van der Waals surface area contributed by atoms with Crippen LogP contribution in [0.3, 0.4) is 0 Å². The van der Waals surface area contributed by atoms with Crippen LogP contribution in [0.1, 0.15) is 18.2 Å². The lowest BCUT2D eigenvalue weighted by atomic mass is 10.1. The van der Waals surface area contributed by atoms with E-state index in [1.54, 1.807) is 31.3 Å². The van der Waals surface area contributed by atoms with Gasteiger partial charge in [-0.05, 0) is 25.5 Å². The van der Waals surface area contributed by atoms with E-state index in [0.717, 1.165) is 0 Å². The van der Waals surface area contributed by atoms with Gasteiger partial charge < -0.3 is 4.98 Å². The first-order valence-electron chi connectivity index (χ1n) is 7.02. The molecule has 1 aliphatic heterocycles. The molecule has 2 aromatic heterocycles. The van der Waals surface area contributed by atoms with E-state index in [0.29, 0.717) is 35.7 Å². The summed E-state index contributed by atoms with van der Waals surface area (Å²) >= 11 is 0. The zero-order chi connectivity index (χ0) is 15.7. The Morgan fingerprint density at radius 3 is 2.86 bits per heavy atom. The van der Waals surface area contributed by atoms with Gasteiger partial charge in [0.15, 0.2) is 5.82 Å². The number of rotatable bonds is 3. The van der Waals surface area contributed by atoms with Crippen LogP contribution >= 0.6 is 0 Å². The molecule has 0 saturated carbocycles. The predicted molar refractivity (Wildman–Crippen MR) is 81.7 cm³/mol. The molecule has 8 heteroatoms. The van der Waals surface area contributed by atoms with Gasteiger partial charge in [-0.25, -0.2) is 13.4 Å². The molecule has 0 aliphatic carbocycles. The lowest BCUT2D eigenvalue weighted by Crippen LogP contribution is -2.39. The van der Waals surface area contributed by atoms with Crippen LogP contribution in [0.4, 0.5) is 0 Å². The van der Waals surface area contributed by atoms with Crippen molar-refractivity contribution in [3.8, 4) is 11.5 Å². The quantitative estimate of drug-likeness (QED) is 0.890. The number of nitrogens with one attached hydrogen (secondary N) is 1. The summed E-state index contributed by atoms with van der Waals surface area (Å²) in [4.78, 5) is 23.5. The van der Waals surface area contributed by atoms with Crippen LogP contribution in [0.2, 0.25) is 0 Å². The van der Waals surface area contributed by atoms with Crippen LogP contribution < -0.4 is 5.56 Å². The average Bonchev–Trinajstić information content (AvgIpc) is 2.55. The number of H-pyrrole nitrogens is 1. The van der Waals surface area contributed by atoms with Gasteiger partial charge in [0.25, 0.3) is 5.56 Å². The zero-order valence-corrected chi connectivity index (χ0v) is 12.9. The first kappa shape index (κ1) is 14.9. The largest absolute Gasteiger partial charge is 0.305 e. The van der Waals surface area contributed by atoms with Crippen molar-refractivity contribution in [2.75, 3.05) is 12.3 Å². The maximum atomic E-state index is 12.2. The molecule has 0 amide bonds. The lowest BCUT2D eigenvalue weighted by molar-refractivity contribution is 0.384. The standard InChI is InChI=1S/C14H16N4O3S/c1-2-22(20,21)18-8-6-10-12(9-18)16-13(17-14(10)19)11-5-3-4-7-15-11/h3-5,7H,2,6,8-9H2,1H3,(H,16,17,19). The Bertz CT molecular complexity index is 846. The minimum Gasteiger partial charge on any atom is -0.305 e. The van der Waals surface area contributed by atoms with Gasteiger partial charge in [0.1, 0.15) is 5.69 Å². The summed E-state index contributed by atoms with van der Waals surface area (Å²) in [6.45, 7) is 2.06. The van der Waals surface area contributed by atoms with Crippen molar-refractivity contribution in [1.82, 2.24) is 19.3 Å². The molecule has 0 unspecified atom stereocenters. The third-order valence-electron chi connectivity index (χ3n) is 3.70. The van der Waals surface area contributed by atoms with Crippen LogP contribution in [-0.4, -0.2) is 40.0 Å². The smallest absolute Gasteiger partial charge is 0.254 e. The highest BCUT2D eigenvalue weighted by molar-refractivity contribution is 7.89. The first-order valence-corrected chi connectivity index (χ1v) is 8.63. The molecule has 0 fully saturated rings. The molecule has 1 N–H and O–H groups in total. The fourth-order valence-electron chi connectivity index (χ4n) is 2.46. The number of aromatic nitrogens is 3. The summed E-state index contributed by atoms with van der Waals surface area (Å²) in [5.74, 6) is 0.402. The zero-order valence-electron chi connectivity index (χ0n) is 12.1. The van der Waals surface area contributed by atoms with Crippen LogP contribution in [0.15, 0.2) is 29.2 Å². The van der Waals surface area contributed by atoms with E-state index in [1.165, 1.54) is 4.31 Å². The molecule has 0 radical (unpaired) electrons. The lowest BCUT2D eigenvalue weighted by Gasteiger charge is -2.26. The minimum atomic E-state index is -3.29. The number of hydrogen-bond donors (Lipinski definition) is 1. The van der Waals surface area contributed by atoms with Gasteiger partial charge in [-0.1, -0.05) is 6.07 Å². The van der Waals surface area contributed by atoms with E-state index in [4.69, 9.17) is 0 Å². The Morgan fingerprint density at radius 2 is 2.18 bits per heavy atom. The summed E-state index contributed by atoms with van der Waals surface area (Å²) in [6.07, 6.45) is 1.99. The fraction of sp³-hybridized carbons (Fsp3) is 0.357. The molecule has 3 heterocycles. The fourth-order valence-corrected chi connectivity index (χ4v) is 3.51. The van der Waals surface area contributed by atoms with E-state index in [9.17, 15) is 13.2 Å². The number of aromatic amines is 1. The van der Waals surface area contributed by atoms with Gasteiger partial charge in [0, 0.05) is 18.3 Å². The van der Waals surface area contributed by atoms with Crippen LogP contribution in [0, 0.1) is 0 Å². The third kappa shape index (κ3) is 2.67. The summed E-state index contributed by atoms with van der Waals surface area (Å²) in [7, 11) is -3.29. The van der Waals surface area contributed by atoms with E-state index >= 15 is 0 Å². The normalized spacial score (nSPS) is 15.5. The van der Waals surface area contributed by atoms with E-state index in [-0.39, 0.29) is 17.9 Å². The molecule has 0 saturated heterocycles. The van der Waals surface area contributed by atoms with Crippen molar-refractivity contribution in [2.45, 2.75) is 19.9 Å². The molecule has 1 aliphatic rings. The van der Waals surface area contributed by atoms with Gasteiger partial charge >= 0.3 is 0 Å². The first-order chi connectivity index (χ1) is 10.5. The predicted octanol–water partition coefficient (Wildman–Crippen LogP) is 0.540. The maximum absolute atomic E-state index is 12.2. The third-order valence-corrected chi connectivity index (χ3v) is 5.53. The Hall–Kier alpha value is -2.06. The molecule has 3 rings (SSSR count). The van der Waals surface area contributed by atoms with Crippen molar-refractivity contribution < 1.29 is 8.42 Å².